The van der Waals surface area contributed by atoms with Gasteiger partial charge in [-0.1, -0.05) is 0 Å². The molecule has 17 heavy (non-hydrogen) atoms. The van der Waals surface area contributed by atoms with E-state index in [1.165, 1.54) is 0 Å². The molecular formula is C11H18N4O2. The van der Waals surface area contributed by atoms with Gasteiger partial charge in [-0.25, -0.2) is 0 Å². The van der Waals surface area contributed by atoms with Crippen LogP contribution in [-0.2, 0) is 4.74 Å². The van der Waals surface area contributed by atoms with Crippen LogP contribution >= 0.6 is 0 Å². The molecule has 1 atom stereocenters. The zero-order chi connectivity index (χ0) is 12.4. The molecule has 0 aromatic carbocycles. The van der Waals surface area contributed by atoms with Crippen LogP contribution in [0, 0.1) is 6.92 Å². The van der Waals surface area contributed by atoms with E-state index in [2.05, 4.69) is 10.2 Å². The van der Waals surface area contributed by atoms with Crippen molar-refractivity contribution >= 4 is 11.6 Å². The number of carbonyl (C=O) groups excluding carboxylic acids is 1. The molecule has 0 aliphatic carbocycles. The summed E-state index contributed by atoms with van der Waals surface area (Å²) in [6.07, 6.45) is 2.07. The Kier molecular flexibility index (Phi) is 3.33. The number of anilines is 1. The molecule has 0 bridgehead atoms. The summed E-state index contributed by atoms with van der Waals surface area (Å²) in [5.74, 6) is -0.117. The fourth-order valence-electron chi connectivity index (χ4n) is 2.07. The van der Waals surface area contributed by atoms with E-state index in [0.717, 1.165) is 25.1 Å². The maximum atomic E-state index is 12.2. The Labute approximate surface area is 100 Å². The number of carbonyl (C=O) groups is 1. The Bertz CT molecular complexity index is 416. The summed E-state index contributed by atoms with van der Waals surface area (Å²) in [5.41, 5.74) is 7.29. The molecule has 1 aromatic heterocycles. The van der Waals surface area contributed by atoms with E-state index in [-0.39, 0.29) is 12.0 Å². The first kappa shape index (κ1) is 11.9. The van der Waals surface area contributed by atoms with Gasteiger partial charge in [0.2, 0.25) is 0 Å². The largest absolute Gasteiger partial charge is 0.395 e. The number of nitrogens with two attached hydrogens (primary N) is 1. The first-order valence-corrected chi connectivity index (χ1v) is 5.76. The number of aryl methyl sites for hydroxylation is 1. The Morgan fingerprint density at radius 2 is 2.41 bits per heavy atom. The zero-order valence-electron chi connectivity index (χ0n) is 10.2. The van der Waals surface area contributed by atoms with Crippen LogP contribution in [-0.4, -0.2) is 47.3 Å². The van der Waals surface area contributed by atoms with Crippen LogP contribution in [0.15, 0.2) is 0 Å². The predicted molar refractivity (Wildman–Crippen MR) is 63.7 cm³/mol. The van der Waals surface area contributed by atoms with Crippen molar-refractivity contribution < 1.29 is 9.53 Å². The number of rotatable bonds is 2. The number of ether oxygens (including phenoxy) is 1. The Morgan fingerprint density at radius 3 is 3.00 bits per heavy atom. The summed E-state index contributed by atoms with van der Waals surface area (Å²) in [6, 6.07) is 0. The van der Waals surface area contributed by atoms with E-state index in [4.69, 9.17) is 10.5 Å². The summed E-state index contributed by atoms with van der Waals surface area (Å²) in [5, 5.41) is 6.69. The number of piperidine rings is 1. The van der Waals surface area contributed by atoms with Gasteiger partial charge < -0.3 is 15.4 Å². The number of aromatic amines is 1. The highest BCUT2D eigenvalue weighted by molar-refractivity contribution is 5.97. The molecule has 1 unspecified atom stereocenters. The highest BCUT2D eigenvalue weighted by atomic mass is 16.5. The number of amides is 1. The molecule has 0 spiro atoms. The van der Waals surface area contributed by atoms with Crippen molar-refractivity contribution in [3.8, 4) is 0 Å². The van der Waals surface area contributed by atoms with Gasteiger partial charge in [-0.3, -0.25) is 9.89 Å². The van der Waals surface area contributed by atoms with Gasteiger partial charge in [-0.05, 0) is 19.8 Å². The number of hydrogen-bond acceptors (Lipinski definition) is 4. The number of aromatic nitrogens is 2. The van der Waals surface area contributed by atoms with Crippen LogP contribution in [0.5, 0.6) is 0 Å². The van der Waals surface area contributed by atoms with E-state index >= 15 is 0 Å². The SMILES string of the molecule is COC1CCCN(C(=O)c2n[nH]c(C)c2N)C1. The molecule has 1 amide bonds. The molecule has 6 nitrogen and oxygen atoms in total. The molecule has 1 aliphatic heterocycles. The van der Waals surface area contributed by atoms with Crippen molar-refractivity contribution in [3.63, 3.8) is 0 Å². The number of nitrogens with one attached hydrogen (secondary N) is 1. The minimum absolute atomic E-state index is 0.117. The Morgan fingerprint density at radius 1 is 1.65 bits per heavy atom. The molecule has 1 fully saturated rings. The van der Waals surface area contributed by atoms with Crippen LogP contribution in [0.1, 0.15) is 29.0 Å². The summed E-state index contributed by atoms with van der Waals surface area (Å²) < 4.78 is 5.29. The Hall–Kier alpha value is -1.56. The molecule has 1 aromatic rings. The standard InChI is InChI=1S/C11H18N4O2/c1-7-9(12)10(14-13-7)11(16)15-5-3-4-8(6-15)17-2/h8H,3-6,12H2,1-2H3,(H,13,14). The summed E-state index contributed by atoms with van der Waals surface area (Å²) in [6.45, 7) is 3.15. The van der Waals surface area contributed by atoms with E-state index in [1.54, 1.807) is 18.9 Å². The van der Waals surface area contributed by atoms with E-state index in [9.17, 15) is 4.79 Å². The number of hydrogen-bond donors (Lipinski definition) is 2. The third kappa shape index (κ3) is 2.26. The predicted octanol–water partition coefficient (Wildman–Crippen LogP) is 0.551. The van der Waals surface area contributed by atoms with Crippen LogP contribution in [0.2, 0.25) is 0 Å². The topological polar surface area (TPSA) is 84.2 Å². The van der Waals surface area contributed by atoms with Crippen molar-refractivity contribution in [1.82, 2.24) is 15.1 Å². The molecule has 3 N–H and O–H groups in total. The third-order valence-corrected chi connectivity index (χ3v) is 3.20. The minimum Gasteiger partial charge on any atom is -0.395 e. The lowest BCUT2D eigenvalue weighted by Crippen LogP contribution is -2.43. The molecule has 2 heterocycles. The van der Waals surface area contributed by atoms with Gasteiger partial charge in [0.15, 0.2) is 5.69 Å². The summed E-state index contributed by atoms with van der Waals surface area (Å²) >= 11 is 0. The molecule has 1 aliphatic rings. The molecule has 0 radical (unpaired) electrons. The molecular weight excluding hydrogens is 220 g/mol. The van der Waals surface area contributed by atoms with Crippen LogP contribution in [0.4, 0.5) is 5.69 Å². The van der Waals surface area contributed by atoms with Crippen molar-refractivity contribution in [2.45, 2.75) is 25.9 Å². The fourth-order valence-corrected chi connectivity index (χ4v) is 2.07. The van der Waals surface area contributed by atoms with E-state index in [1.807, 2.05) is 0 Å². The van der Waals surface area contributed by atoms with Crippen LogP contribution in [0.25, 0.3) is 0 Å². The van der Waals surface area contributed by atoms with Gasteiger partial charge >= 0.3 is 0 Å². The smallest absolute Gasteiger partial charge is 0.276 e. The second-order valence-electron chi connectivity index (χ2n) is 4.36. The molecule has 1 saturated heterocycles. The quantitative estimate of drug-likeness (QED) is 0.788. The van der Waals surface area contributed by atoms with Gasteiger partial charge in [0.25, 0.3) is 5.91 Å². The van der Waals surface area contributed by atoms with Gasteiger partial charge in [0.1, 0.15) is 0 Å². The average molecular weight is 238 g/mol. The maximum absolute atomic E-state index is 12.2. The van der Waals surface area contributed by atoms with Crippen molar-refractivity contribution in [3.05, 3.63) is 11.4 Å². The number of nitrogen functional groups attached to an aromatic ring is 1. The summed E-state index contributed by atoms with van der Waals surface area (Å²) in [7, 11) is 1.67. The van der Waals surface area contributed by atoms with Crippen LogP contribution in [0.3, 0.4) is 0 Å². The average Bonchev–Trinajstić information content (AvgIpc) is 2.69. The molecule has 6 heteroatoms. The second kappa shape index (κ2) is 4.75. The second-order valence-corrected chi connectivity index (χ2v) is 4.36. The highest BCUT2D eigenvalue weighted by Gasteiger charge is 2.27. The van der Waals surface area contributed by atoms with Crippen molar-refractivity contribution in [2.75, 3.05) is 25.9 Å². The van der Waals surface area contributed by atoms with Gasteiger partial charge in [0.05, 0.1) is 17.5 Å². The van der Waals surface area contributed by atoms with Gasteiger partial charge in [0, 0.05) is 20.2 Å². The summed E-state index contributed by atoms with van der Waals surface area (Å²) in [4.78, 5) is 14.0. The van der Waals surface area contributed by atoms with E-state index < -0.39 is 0 Å². The maximum Gasteiger partial charge on any atom is 0.276 e. The van der Waals surface area contributed by atoms with Crippen LogP contribution < -0.4 is 5.73 Å². The lowest BCUT2D eigenvalue weighted by Gasteiger charge is -2.31. The number of methoxy groups -OCH3 is 1. The van der Waals surface area contributed by atoms with E-state index in [0.29, 0.717) is 17.9 Å². The fraction of sp³-hybridized carbons (Fsp3) is 0.636. The van der Waals surface area contributed by atoms with Gasteiger partial charge in [-0.15, -0.1) is 0 Å². The lowest BCUT2D eigenvalue weighted by molar-refractivity contribution is 0.0266. The number of nitrogens with zero attached hydrogens (tertiary/aromatic N) is 2. The minimum atomic E-state index is -0.117. The first-order chi connectivity index (χ1) is 8.13. The molecule has 0 saturated carbocycles. The number of likely N-dealkylation sites (tertiary alicyclic amines) is 1. The normalized spacial score (nSPS) is 20.6. The monoisotopic (exact) mass is 238 g/mol. The van der Waals surface area contributed by atoms with Crippen molar-refractivity contribution in [1.29, 1.82) is 0 Å². The Balaban J connectivity index is 2.12. The highest BCUT2D eigenvalue weighted by Crippen LogP contribution is 2.19. The number of H-pyrrole nitrogens is 1. The zero-order valence-corrected chi connectivity index (χ0v) is 10.2. The molecule has 94 valence electrons. The molecule has 2 rings (SSSR count). The lowest BCUT2D eigenvalue weighted by atomic mass is 10.1. The van der Waals surface area contributed by atoms with Crippen molar-refractivity contribution in [2.24, 2.45) is 0 Å². The first-order valence-electron chi connectivity index (χ1n) is 5.76. The van der Waals surface area contributed by atoms with Gasteiger partial charge in [-0.2, -0.15) is 5.10 Å². The third-order valence-electron chi connectivity index (χ3n) is 3.20.